The zero-order valence-electron chi connectivity index (χ0n) is 13.3. The van der Waals surface area contributed by atoms with Crippen molar-refractivity contribution in [1.82, 2.24) is 10.1 Å². The summed E-state index contributed by atoms with van der Waals surface area (Å²) in [5, 5.41) is 7.36. The van der Waals surface area contributed by atoms with Gasteiger partial charge in [0, 0.05) is 10.4 Å². The van der Waals surface area contributed by atoms with Crippen molar-refractivity contribution in [2.24, 2.45) is 0 Å². The van der Waals surface area contributed by atoms with Crippen LogP contribution in [0.4, 0.5) is 9.39 Å². The van der Waals surface area contributed by atoms with E-state index in [9.17, 15) is 9.18 Å². The average Bonchev–Trinajstić information content (AvgIpc) is 3.18. The molecule has 1 aliphatic rings. The van der Waals surface area contributed by atoms with Crippen LogP contribution in [0.25, 0.3) is 11.5 Å². The Hall–Kier alpha value is -2.58. The number of amides is 1. The number of anilines is 1. The molecule has 0 spiro atoms. The van der Waals surface area contributed by atoms with Gasteiger partial charge in [0.25, 0.3) is 11.8 Å². The monoisotopic (exact) mass is 359 g/mol. The van der Waals surface area contributed by atoms with E-state index in [4.69, 9.17) is 9.26 Å². The molecule has 4 rings (SSSR count). The minimum atomic E-state index is -0.387. The van der Waals surface area contributed by atoms with Crippen molar-refractivity contribution in [3.8, 4) is 11.5 Å². The van der Waals surface area contributed by atoms with Gasteiger partial charge < -0.3 is 14.6 Å². The van der Waals surface area contributed by atoms with Crippen LogP contribution in [0.1, 0.15) is 26.6 Å². The number of carbonyl (C=O) groups is 1. The summed E-state index contributed by atoms with van der Waals surface area (Å²) in [6.07, 6.45) is 0.717. The third-order valence-electron chi connectivity index (χ3n) is 3.90. The first kappa shape index (κ1) is 15.9. The summed E-state index contributed by atoms with van der Waals surface area (Å²) in [6.45, 7) is 2.84. The molecule has 0 bridgehead atoms. The van der Waals surface area contributed by atoms with Gasteiger partial charge in [-0.25, -0.2) is 4.39 Å². The highest BCUT2D eigenvalue weighted by Crippen LogP contribution is 2.42. The third kappa shape index (κ3) is 3.06. The second kappa shape index (κ2) is 6.38. The highest BCUT2D eigenvalue weighted by Gasteiger charge is 2.26. The number of halogens is 1. The number of benzene rings is 1. The summed E-state index contributed by atoms with van der Waals surface area (Å²) >= 11 is 1.43. The summed E-state index contributed by atoms with van der Waals surface area (Å²) in [6, 6.07) is 5.39. The number of rotatable bonds is 3. The van der Waals surface area contributed by atoms with Crippen LogP contribution < -0.4 is 5.32 Å². The lowest BCUT2D eigenvalue weighted by atomic mass is 10.1. The molecule has 0 fully saturated rings. The Morgan fingerprint density at radius 3 is 2.84 bits per heavy atom. The lowest BCUT2D eigenvalue weighted by Gasteiger charge is -2.12. The van der Waals surface area contributed by atoms with Crippen LogP contribution in [0.2, 0.25) is 0 Å². The van der Waals surface area contributed by atoms with E-state index in [0.29, 0.717) is 35.5 Å². The van der Waals surface area contributed by atoms with Gasteiger partial charge in [-0.2, -0.15) is 4.98 Å². The number of aryl methyl sites for hydroxylation is 1. The maximum absolute atomic E-state index is 13.0. The van der Waals surface area contributed by atoms with Gasteiger partial charge in [0.1, 0.15) is 10.8 Å². The highest BCUT2D eigenvalue weighted by molar-refractivity contribution is 7.17. The van der Waals surface area contributed by atoms with Crippen LogP contribution in [0.15, 0.2) is 28.8 Å². The fraction of sp³-hybridized carbons (Fsp3) is 0.235. The molecule has 1 amide bonds. The number of hydrogen-bond donors (Lipinski definition) is 1. The van der Waals surface area contributed by atoms with Gasteiger partial charge in [-0.3, -0.25) is 4.79 Å². The Kier molecular flexibility index (Phi) is 4.06. The Morgan fingerprint density at radius 1 is 1.32 bits per heavy atom. The molecule has 128 valence electrons. The smallest absolute Gasteiger partial charge is 0.261 e. The number of hydrogen-bond acceptors (Lipinski definition) is 6. The number of fused-ring (bicyclic) bond motifs is 1. The Bertz CT molecular complexity index is 933. The Morgan fingerprint density at radius 2 is 2.12 bits per heavy atom. The van der Waals surface area contributed by atoms with Gasteiger partial charge in [0.05, 0.1) is 18.8 Å². The van der Waals surface area contributed by atoms with Gasteiger partial charge in [-0.1, -0.05) is 5.16 Å². The number of thiophene rings is 1. The van der Waals surface area contributed by atoms with Gasteiger partial charge in [0.15, 0.2) is 5.82 Å². The van der Waals surface area contributed by atoms with Crippen molar-refractivity contribution in [2.45, 2.75) is 20.0 Å². The van der Waals surface area contributed by atoms with Crippen LogP contribution in [0, 0.1) is 12.7 Å². The molecule has 1 N–H and O–H groups in total. The molecule has 0 atom stereocenters. The van der Waals surface area contributed by atoms with E-state index in [2.05, 4.69) is 15.5 Å². The van der Waals surface area contributed by atoms with Crippen LogP contribution in [-0.4, -0.2) is 22.7 Å². The molecule has 0 unspecified atom stereocenters. The van der Waals surface area contributed by atoms with Crippen molar-refractivity contribution >= 4 is 22.2 Å². The Balaban J connectivity index is 1.72. The van der Waals surface area contributed by atoms with E-state index in [1.54, 1.807) is 6.92 Å². The summed E-state index contributed by atoms with van der Waals surface area (Å²) < 4.78 is 23.9. The van der Waals surface area contributed by atoms with E-state index in [-0.39, 0.29) is 11.7 Å². The summed E-state index contributed by atoms with van der Waals surface area (Å²) in [5.74, 6) is 0.198. The first-order chi connectivity index (χ1) is 12.1. The number of nitrogens with zero attached hydrogens (tertiary/aromatic N) is 2. The molecular formula is C17H14FN3O3S. The maximum Gasteiger partial charge on any atom is 0.261 e. The van der Waals surface area contributed by atoms with Crippen LogP contribution in [0.3, 0.4) is 0 Å². The van der Waals surface area contributed by atoms with Gasteiger partial charge in [-0.05, 0) is 43.2 Å². The number of aromatic nitrogens is 2. The molecule has 8 heteroatoms. The molecule has 1 aliphatic heterocycles. The zero-order valence-corrected chi connectivity index (χ0v) is 14.2. The highest BCUT2D eigenvalue weighted by atomic mass is 32.1. The van der Waals surface area contributed by atoms with E-state index >= 15 is 0 Å². The molecule has 3 aromatic rings. The molecule has 0 saturated carbocycles. The van der Waals surface area contributed by atoms with E-state index in [1.165, 1.54) is 35.6 Å². The molecule has 3 heterocycles. The predicted octanol–water partition coefficient (Wildman–Crippen LogP) is 3.57. The first-order valence-corrected chi connectivity index (χ1v) is 8.53. The molecule has 25 heavy (non-hydrogen) atoms. The van der Waals surface area contributed by atoms with Crippen molar-refractivity contribution < 1.29 is 18.4 Å². The van der Waals surface area contributed by atoms with Crippen molar-refractivity contribution in [2.75, 3.05) is 11.9 Å². The standard InChI is InChI=1S/C17H14FN3O3S/c1-9-19-16(24-21-9)14-12-6-7-23-8-13(12)25-17(14)20-15(22)10-2-4-11(18)5-3-10/h2-5H,6-8H2,1H3,(H,20,22). The molecular weight excluding hydrogens is 345 g/mol. The molecule has 2 aromatic heterocycles. The van der Waals surface area contributed by atoms with Crippen molar-refractivity contribution in [3.05, 3.63) is 51.9 Å². The SMILES string of the molecule is Cc1noc(-c2c(NC(=O)c3ccc(F)cc3)sc3c2CCOC3)n1. The van der Waals surface area contributed by atoms with Crippen LogP contribution >= 0.6 is 11.3 Å². The van der Waals surface area contributed by atoms with Crippen LogP contribution in [-0.2, 0) is 17.8 Å². The fourth-order valence-electron chi connectivity index (χ4n) is 2.72. The predicted molar refractivity (Wildman–Crippen MR) is 90.1 cm³/mol. The minimum Gasteiger partial charge on any atom is -0.376 e. The summed E-state index contributed by atoms with van der Waals surface area (Å²) in [5.41, 5.74) is 2.19. The normalized spacial score (nSPS) is 13.5. The molecule has 0 radical (unpaired) electrons. The molecule has 0 aliphatic carbocycles. The average molecular weight is 359 g/mol. The number of nitrogens with one attached hydrogen (secondary N) is 1. The quantitative estimate of drug-likeness (QED) is 0.773. The largest absolute Gasteiger partial charge is 0.376 e. The van der Waals surface area contributed by atoms with Crippen LogP contribution in [0.5, 0.6) is 0 Å². The number of carbonyl (C=O) groups excluding carboxylic acids is 1. The van der Waals surface area contributed by atoms with Gasteiger partial charge in [0.2, 0.25) is 0 Å². The van der Waals surface area contributed by atoms with Gasteiger partial charge >= 0.3 is 0 Å². The van der Waals surface area contributed by atoms with E-state index < -0.39 is 0 Å². The third-order valence-corrected chi connectivity index (χ3v) is 5.02. The lowest BCUT2D eigenvalue weighted by molar-refractivity contribution is 0.102. The molecule has 6 nitrogen and oxygen atoms in total. The molecule has 1 aromatic carbocycles. The maximum atomic E-state index is 13.0. The lowest BCUT2D eigenvalue weighted by Crippen LogP contribution is -2.12. The van der Waals surface area contributed by atoms with Crippen molar-refractivity contribution in [3.63, 3.8) is 0 Å². The summed E-state index contributed by atoms with van der Waals surface area (Å²) in [7, 11) is 0. The second-order valence-electron chi connectivity index (χ2n) is 5.62. The molecule has 0 saturated heterocycles. The summed E-state index contributed by atoms with van der Waals surface area (Å²) in [4.78, 5) is 17.8. The Labute approximate surface area is 146 Å². The van der Waals surface area contributed by atoms with Crippen molar-refractivity contribution in [1.29, 1.82) is 0 Å². The first-order valence-electron chi connectivity index (χ1n) is 7.71. The second-order valence-corrected chi connectivity index (χ2v) is 6.72. The zero-order chi connectivity index (χ0) is 17.4. The fourth-order valence-corrected chi connectivity index (χ4v) is 3.89. The minimum absolute atomic E-state index is 0.322. The van der Waals surface area contributed by atoms with E-state index in [0.717, 1.165) is 22.4 Å². The number of ether oxygens (including phenoxy) is 1. The van der Waals surface area contributed by atoms with E-state index in [1.807, 2.05) is 0 Å². The topological polar surface area (TPSA) is 77.2 Å². The van der Waals surface area contributed by atoms with Gasteiger partial charge in [-0.15, -0.1) is 11.3 Å².